The van der Waals surface area contributed by atoms with Crippen molar-refractivity contribution in [2.24, 2.45) is 0 Å². The molecule has 0 fully saturated rings. The SMILES string of the molecule is COc1ccc(C(=O)Nc2c(F)cc(C#N)cc2Br)cc1C(=O)Nc1c(F)cc(C#N)cc1Br. The molecule has 0 spiro atoms. The van der Waals surface area contributed by atoms with Gasteiger partial charge >= 0.3 is 0 Å². The standard InChI is InChI=1S/C23H12Br2F2N4O3/c1-34-19-3-2-13(22(32)30-20-15(24)4-11(9-28)6-17(20)26)8-14(19)23(33)31-21-16(25)5-12(10-29)7-18(21)27/h2-8H,1H3,(H,30,32)(H,31,33). The Morgan fingerprint density at radius 3 is 1.79 bits per heavy atom. The van der Waals surface area contributed by atoms with E-state index in [4.69, 9.17) is 15.3 Å². The zero-order chi connectivity index (χ0) is 25.0. The third-order valence-electron chi connectivity index (χ3n) is 4.53. The maximum absolute atomic E-state index is 14.4. The first-order valence-corrected chi connectivity index (χ1v) is 10.9. The van der Waals surface area contributed by atoms with Gasteiger partial charge in [-0.3, -0.25) is 9.59 Å². The van der Waals surface area contributed by atoms with E-state index in [-0.39, 0.29) is 48.3 Å². The normalized spacial score (nSPS) is 10.1. The topological polar surface area (TPSA) is 115 Å². The largest absolute Gasteiger partial charge is 0.496 e. The van der Waals surface area contributed by atoms with Crippen LogP contribution in [0.3, 0.4) is 0 Å². The highest BCUT2D eigenvalue weighted by atomic mass is 79.9. The van der Waals surface area contributed by atoms with Crippen molar-refractivity contribution in [1.29, 1.82) is 10.5 Å². The van der Waals surface area contributed by atoms with Gasteiger partial charge in [-0.15, -0.1) is 0 Å². The zero-order valence-electron chi connectivity index (χ0n) is 17.2. The van der Waals surface area contributed by atoms with Crippen LogP contribution in [0.4, 0.5) is 20.2 Å². The van der Waals surface area contributed by atoms with Crippen molar-refractivity contribution in [3.8, 4) is 17.9 Å². The number of hydrogen-bond acceptors (Lipinski definition) is 5. The van der Waals surface area contributed by atoms with Gasteiger partial charge in [0.05, 0.1) is 47.3 Å². The monoisotopic (exact) mass is 588 g/mol. The van der Waals surface area contributed by atoms with E-state index in [1.807, 2.05) is 0 Å². The Morgan fingerprint density at radius 2 is 1.35 bits per heavy atom. The summed E-state index contributed by atoms with van der Waals surface area (Å²) in [6, 6.07) is 12.1. The summed E-state index contributed by atoms with van der Waals surface area (Å²) in [5.74, 6) is -3.10. The molecule has 0 bridgehead atoms. The molecule has 0 atom stereocenters. The fraction of sp³-hybridized carbons (Fsp3) is 0.0435. The minimum atomic E-state index is -0.840. The van der Waals surface area contributed by atoms with Crippen LogP contribution in [-0.4, -0.2) is 18.9 Å². The van der Waals surface area contributed by atoms with Crippen molar-refractivity contribution in [2.75, 3.05) is 17.7 Å². The molecule has 0 saturated heterocycles. The minimum Gasteiger partial charge on any atom is -0.496 e. The molecule has 3 rings (SSSR count). The molecule has 3 aromatic carbocycles. The fourth-order valence-electron chi connectivity index (χ4n) is 2.91. The van der Waals surface area contributed by atoms with Crippen LogP contribution in [0.5, 0.6) is 5.75 Å². The van der Waals surface area contributed by atoms with Gasteiger partial charge < -0.3 is 15.4 Å². The molecule has 170 valence electrons. The van der Waals surface area contributed by atoms with Crippen molar-refractivity contribution in [3.63, 3.8) is 0 Å². The molecule has 7 nitrogen and oxygen atoms in total. The Morgan fingerprint density at radius 1 is 0.853 bits per heavy atom. The predicted molar refractivity (Wildman–Crippen MR) is 127 cm³/mol. The number of nitriles is 2. The number of amides is 2. The smallest absolute Gasteiger partial charge is 0.259 e. The fourth-order valence-corrected chi connectivity index (χ4v) is 3.98. The van der Waals surface area contributed by atoms with Crippen LogP contribution in [-0.2, 0) is 0 Å². The van der Waals surface area contributed by atoms with Crippen LogP contribution in [0.2, 0.25) is 0 Å². The number of anilines is 2. The van der Waals surface area contributed by atoms with E-state index >= 15 is 0 Å². The lowest BCUT2D eigenvalue weighted by Crippen LogP contribution is -2.18. The van der Waals surface area contributed by atoms with Crippen molar-refractivity contribution in [3.05, 3.63) is 85.3 Å². The molecule has 0 aliphatic rings. The first-order chi connectivity index (χ1) is 16.2. The second kappa shape index (κ2) is 10.4. The lowest BCUT2D eigenvalue weighted by Gasteiger charge is -2.14. The molecule has 34 heavy (non-hydrogen) atoms. The van der Waals surface area contributed by atoms with Gasteiger partial charge in [0.2, 0.25) is 0 Å². The summed E-state index contributed by atoms with van der Waals surface area (Å²) in [6.07, 6.45) is 0. The molecule has 0 aliphatic carbocycles. The first-order valence-electron chi connectivity index (χ1n) is 9.27. The number of rotatable bonds is 5. The van der Waals surface area contributed by atoms with Crippen molar-refractivity contribution in [2.45, 2.75) is 0 Å². The van der Waals surface area contributed by atoms with E-state index in [1.165, 1.54) is 37.4 Å². The Labute approximate surface area is 209 Å². The summed E-state index contributed by atoms with van der Waals surface area (Å²) in [4.78, 5) is 25.6. The molecule has 0 heterocycles. The molecule has 2 N–H and O–H groups in total. The Balaban J connectivity index is 1.92. The van der Waals surface area contributed by atoms with Gasteiger partial charge in [-0.25, -0.2) is 8.78 Å². The van der Waals surface area contributed by atoms with E-state index in [2.05, 4.69) is 42.5 Å². The molecule has 2 amide bonds. The maximum Gasteiger partial charge on any atom is 0.259 e. The second-order valence-corrected chi connectivity index (χ2v) is 8.39. The quantitative estimate of drug-likeness (QED) is 0.393. The third kappa shape index (κ3) is 5.22. The number of ether oxygens (including phenoxy) is 1. The average molecular weight is 590 g/mol. The number of carbonyl (C=O) groups is 2. The predicted octanol–water partition coefficient (Wildman–Crippen LogP) is 5.75. The van der Waals surface area contributed by atoms with Crippen molar-refractivity contribution in [1.82, 2.24) is 0 Å². The van der Waals surface area contributed by atoms with E-state index in [9.17, 15) is 18.4 Å². The van der Waals surface area contributed by atoms with Crippen LogP contribution in [0.1, 0.15) is 31.8 Å². The van der Waals surface area contributed by atoms with Crippen LogP contribution in [0.15, 0.2) is 51.4 Å². The van der Waals surface area contributed by atoms with E-state index < -0.39 is 23.4 Å². The molecule has 0 saturated carbocycles. The number of benzene rings is 3. The molecule has 0 aliphatic heterocycles. The summed E-state index contributed by atoms with van der Waals surface area (Å²) >= 11 is 6.22. The van der Waals surface area contributed by atoms with Gasteiger partial charge in [0.1, 0.15) is 17.4 Å². The molecule has 0 unspecified atom stereocenters. The number of hydrogen-bond donors (Lipinski definition) is 2. The number of nitrogens with one attached hydrogen (secondary N) is 2. The van der Waals surface area contributed by atoms with E-state index in [1.54, 1.807) is 12.1 Å². The number of nitrogens with zero attached hydrogens (tertiary/aromatic N) is 2. The Bertz CT molecular complexity index is 1370. The summed E-state index contributed by atoms with van der Waals surface area (Å²) in [5, 5.41) is 22.6. The first kappa shape index (κ1) is 24.8. The molecular weight excluding hydrogens is 578 g/mol. The van der Waals surface area contributed by atoms with Crippen LogP contribution in [0.25, 0.3) is 0 Å². The highest BCUT2D eigenvalue weighted by Gasteiger charge is 2.20. The second-order valence-electron chi connectivity index (χ2n) is 6.68. The molecule has 3 aromatic rings. The summed E-state index contributed by atoms with van der Waals surface area (Å²) in [7, 11) is 1.31. The number of carbonyl (C=O) groups excluding carboxylic acids is 2. The van der Waals surface area contributed by atoms with Crippen molar-refractivity contribution < 1.29 is 23.1 Å². The van der Waals surface area contributed by atoms with Crippen LogP contribution < -0.4 is 15.4 Å². The van der Waals surface area contributed by atoms with Gasteiger partial charge in [-0.2, -0.15) is 10.5 Å². The van der Waals surface area contributed by atoms with Gasteiger partial charge in [-0.1, -0.05) is 0 Å². The van der Waals surface area contributed by atoms with Gasteiger partial charge in [-0.05, 0) is 74.3 Å². The minimum absolute atomic E-state index is 0.0130. The molecule has 0 radical (unpaired) electrons. The summed E-state index contributed by atoms with van der Waals surface area (Å²) in [6.45, 7) is 0. The Hall–Kier alpha value is -3.80. The highest BCUT2D eigenvalue weighted by molar-refractivity contribution is 9.11. The molecule has 0 aromatic heterocycles. The average Bonchev–Trinajstić information content (AvgIpc) is 2.82. The number of halogens is 4. The third-order valence-corrected chi connectivity index (χ3v) is 5.78. The highest BCUT2D eigenvalue weighted by Crippen LogP contribution is 2.30. The Kier molecular flexibility index (Phi) is 7.61. The van der Waals surface area contributed by atoms with Crippen LogP contribution >= 0.6 is 31.9 Å². The van der Waals surface area contributed by atoms with Gasteiger partial charge in [0, 0.05) is 14.5 Å². The van der Waals surface area contributed by atoms with Crippen molar-refractivity contribution >= 4 is 55.0 Å². The number of methoxy groups -OCH3 is 1. The zero-order valence-corrected chi connectivity index (χ0v) is 20.3. The maximum atomic E-state index is 14.4. The summed E-state index contributed by atoms with van der Waals surface area (Å²) < 4.78 is 34.2. The van der Waals surface area contributed by atoms with Gasteiger partial charge in [0.15, 0.2) is 0 Å². The van der Waals surface area contributed by atoms with Crippen LogP contribution in [0, 0.1) is 34.3 Å². The lowest BCUT2D eigenvalue weighted by atomic mass is 10.1. The molecule has 11 heteroatoms. The van der Waals surface area contributed by atoms with E-state index in [0.717, 1.165) is 12.1 Å². The lowest BCUT2D eigenvalue weighted by molar-refractivity contribution is 0.102. The van der Waals surface area contributed by atoms with E-state index in [0.29, 0.717) is 0 Å². The van der Waals surface area contributed by atoms with Gasteiger partial charge in [0.25, 0.3) is 11.8 Å². The summed E-state index contributed by atoms with van der Waals surface area (Å²) in [5.41, 5.74) is -0.378. The molecular formula is C23H12Br2F2N4O3.